The fourth-order valence-electron chi connectivity index (χ4n) is 1.16. The molecule has 0 spiro atoms. The summed E-state index contributed by atoms with van der Waals surface area (Å²) in [5.74, 6) is -0.629. The molecule has 0 radical (unpaired) electrons. The van der Waals surface area contributed by atoms with Crippen LogP contribution in [0.2, 0.25) is 0 Å². The number of rotatable bonds is 7. The third-order valence-electron chi connectivity index (χ3n) is 2.52. The third-order valence-corrected chi connectivity index (χ3v) is 2.52. The molecule has 5 heteroatoms. The van der Waals surface area contributed by atoms with Gasteiger partial charge >= 0.3 is 5.97 Å². The maximum atomic E-state index is 10.6. The van der Waals surface area contributed by atoms with Gasteiger partial charge in [-0.1, -0.05) is 0 Å². The van der Waals surface area contributed by atoms with E-state index < -0.39 is 5.97 Å². The highest BCUT2D eigenvalue weighted by Gasteiger charge is 2.16. The van der Waals surface area contributed by atoms with Crippen LogP contribution in [0.5, 0.6) is 0 Å². The summed E-state index contributed by atoms with van der Waals surface area (Å²) in [6.07, 6.45) is 0.760. The molecule has 0 amide bonds. The molecule has 0 fully saturated rings. The van der Waals surface area contributed by atoms with Crippen molar-refractivity contribution in [2.24, 2.45) is 0 Å². The molecule has 1 aromatic rings. The van der Waals surface area contributed by atoms with Crippen molar-refractivity contribution in [3.8, 4) is 0 Å². The molecule has 1 aromatic heterocycles. The summed E-state index contributed by atoms with van der Waals surface area (Å²) in [6, 6.07) is 3.02. The van der Waals surface area contributed by atoms with E-state index in [1.54, 1.807) is 13.2 Å². The average molecular weight is 242 g/mol. The number of furan rings is 1. The van der Waals surface area contributed by atoms with Crippen LogP contribution in [0, 0.1) is 0 Å². The Morgan fingerprint density at radius 1 is 1.47 bits per heavy atom. The van der Waals surface area contributed by atoms with Crippen LogP contribution in [0.4, 0.5) is 0 Å². The third kappa shape index (κ3) is 4.58. The van der Waals surface area contributed by atoms with E-state index in [1.807, 2.05) is 13.8 Å². The first-order valence-corrected chi connectivity index (χ1v) is 5.39. The van der Waals surface area contributed by atoms with Crippen molar-refractivity contribution >= 4 is 5.97 Å². The summed E-state index contributed by atoms with van der Waals surface area (Å²) in [4.78, 5) is 10.6. The van der Waals surface area contributed by atoms with Crippen molar-refractivity contribution in [1.82, 2.24) is 0 Å². The molecule has 0 aliphatic heterocycles. The van der Waals surface area contributed by atoms with Crippen LogP contribution in [0.25, 0.3) is 0 Å². The zero-order valence-corrected chi connectivity index (χ0v) is 10.4. The maximum Gasteiger partial charge on any atom is 0.371 e. The van der Waals surface area contributed by atoms with E-state index in [-0.39, 0.29) is 18.0 Å². The van der Waals surface area contributed by atoms with E-state index in [2.05, 4.69) is 0 Å². The monoisotopic (exact) mass is 242 g/mol. The summed E-state index contributed by atoms with van der Waals surface area (Å²) in [6.45, 7) is 4.76. The molecule has 1 N–H and O–H groups in total. The van der Waals surface area contributed by atoms with Crippen molar-refractivity contribution < 1.29 is 23.8 Å². The number of carboxylic acids is 1. The minimum Gasteiger partial charge on any atom is -0.475 e. The molecule has 5 nitrogen and oxygen atoms in total. The highest BCUT2D eigenvalue weighted by atomic mass is 16.5. The van der Waals surface area contributed by atoms with Gasteiger partial charge in [0.05, 0.1) is 5.60 Å². The van der Waals surface area contributed by atoms with Crippen molar-refractivity contribution in [3.63, 3.8) is 0 Å². The van der Waals surface area contributed by atoms with Gasteiger partial charge in [0.2, 0.25) is 5.76 Å². The number of methoxy groups -OCH3 is 1. The Balaban J connectivity index is 2.29. The lowest BCUT2D eigenvalue weighted by Crippen LogP contribution is -2.24. The first-order chi connectivity index (χ1) is 7.94. The van der Waals surface area contributed by atoms with Crippen LogP contribution in [-0.4, -0.2) is 30.4 Å². The number of carboxylic acid groups (broad SMARTS) is 1. The normalized spacial score (nSPS) is 11.7. The first-order valence-electron chi connectivity index (χ1n) is 5.39. The van der Waals surface area contributed by atoms with Gasteiger partial charge in [-0.15, -0.1) is 0 Å². The second kappa shape index (κ2) is 5.84. The second-order valence-electron chi connectivity index (χ2n) is 4.34. The lowest BCUT2D eigenvalue weighted by Gasteiger charge is -2.22. The van der Waals surface area contributed by atoms with Gasteiger partial charge in [-0.2, -0.15) is 0 Å². The van der Waals surface area contributed by atoms with Crippen LogP contribution in [0.3, 0.4) is 0 Å². The number of ether oxygens (including phenoxy) is 2. The molecule has 1 heterocycles. The zero-order chi connectivity index (χ0) is 12.9. The van der Waals surface area contributed by atoms with Gasteiger partial charge in [0, 0.05) is 13.7 Å². The van der Waals surface area contributed by atoms with Crippen molar-refractivity contribution in [2.45, 2.75) is 32.5 Å². The SMILES string of the molecule is COC(C)(C)CCOCc1ccc(C(=O)O)o1. The quantitative estimate of drug-likeness (QED) is 0.743. The zero-order valence-electron chi connectivity index (χ0n) is 10.4. The van der Waals surface area contributed by atoms with E-state index in [0.717, 1.165) is 6.42 Å². The Hall–Kier alpha value is -1.33. The predicted octanol–water partition coefficient (Wildman–Crippen LogP) is 2.31. The van der Waals surface area contributed by atoms with Gasteiger partial charge in [0.15, 0.2) is 0 Å². The number of hydrogen-bond donors (Lipinski definition) is 1. The van der Waals surface area contributed by atoms with Gasteiger partial charge < -0.3 is 19.0 Å². The van der Waals surface area contributed by atoms with E-state index >= 15 is 0 Å². The highest BCUT2D eigenvalue weighted by molar-refractivity contribution is 5.84. The first kappa shape index (κ1) is 13.7. The summed E-state index contributed by atoms with van der Waals surface area (Å²) in [7, 11) is 1.66. The Morgan fingerprint density at radius 2 is 2.18 bits per heavy atom. The van der Waals surface area contributed by atoms with Gasteiger partial charge in [0.25, 0.3) is 0 Å². The molecule has 17 heavy (non-hydrogen) atoms. The smallest absolute Gasteiger partial charge is 0.371 e. The molecule has 1 rings (SSSR count). The largest absolute Gasteiger partial charge is 0.475 e. The molecule has 0 unspecified atom stereocenters. The highest BCUT2D eigenvalue weighted by Crippen LogP contribution is 2.14. The Morgan fingerprint density at radius 3 is 2.71 bits per heavy atom. The Kier molecular flexibility index (Phi) is 4.72. The lowest BCUT2D eigenvalue weighted by molar-refractivity contribution is -0.0144. The molecule has 0 aliphatic carbocycles. The molecule has 0 saturated heterocycles. The summed E-state index contributed by atoms with van der Waals surface area (Å²) < 4.78 is 15.7. The van der Waals surface area contributed by atoms with E-state index in [4.69, 9.17) is 19.0 Å². The number of carbonyl (C=O) groups is 1. The standard InChI is InChI=1S/C12H18O5/c1-12(2,15-3)6-7-16-8-9-4-5-10(17-9)11(13)14/h4-5H,6-8H2,1-3H3,(H,13,14). The van der Waals surface area contributed by atoms with E-state index in [0.29, 0.717) is 12.4 Å². The summed E-state index contributed by atoms with van der Waals surface area (Å²) in [5.41, 5.74) is -0.213. The summed E-state index contributed by atoms with van der Waals surface area (Å²) >= 11 is 0. The summed E-state index contributed by atoms with van der Waals surface area (Å²) in [5, 5.41) is 8.66. The van der Waals surface area contributed by atoms with Crippen molar-refractivity contribution in [2.75, 3.05) is 13.7 Å². The van der Waals surface area contributed by atoms with Gasteiger partial charge in [0.1, 0.15) is 12.4 Å². The van der Waals surface area contributed by atoms with Gasteiger partial charge in [-0.3, -0.25) is 0 Å². The molecule has 0 saturated carbocycles. The van der Waals surface area contributed by atoms with Crippen molar-refractivity contribution in [3.05, 3.63) is 23.7 Å². The van der Waals surface area contributed by atoms with E-state index in [9.17, 15) is 4.79 Å². The molecule has 0 atom stereocenters. The number of aromatic carboxylic acids is 1. The Bertz CT molecular complexity index is 367. The minimum absolute atomic E-state index is 0.0687. The van der Waals surface area contributed by atoms with Crippen LogP contribution in [-0.2, 0) is 16.1 Å². The average Bonchev–Trinajstić information content (AvgIpc) is 2.73. The second-order valence-corrected chi connectivity index (χ2v) is 4.34. The minimum atomic E-state index is -1.07. The predicted molar refractivity (Wildman–Crippen MR) is 61.0 cm³/mol. The van der Waals surface area contributed by atoms with Crippen molar-refractivity contribution in [1.29, 1.82) is 0 Å². The van der Waals surface area contributed by atoms with Crippen LogP contribution in [0.15, 0.2) is 16.5 Å². The Labute approximate surface area is 100 Å². The fourth-order valence-corrected chi connectivity index (χ4v) is 1.16. The maximum absolute atomic E-state index is 10.6. The van der Waals surface area contributed by atoms with Gasteiger partial charge in [-0.05, 0) is 32.4 Å². The topological polar surface area (TPSA) is 68.9 Å². The molecular weight excluding hydrogens is 224 g/mol. The fraction of sp³-hybridized carbons (Fsp3) is 0.583. The molecular formula is C12H18O5. The lowest BCUT2D eigenvalue weighted by atomic mass is 10.1. The molecule has 0 aromatic carbocycles. The van der Waals surface area contributed by atoms with E-state index in [1.165, 1.54) is 6.07 Å². The molecule has 0 bridgehead atoms. The van der Waals surface area contributed by atoms with Gasteiger partial charge in [-0.25, -0.2) is 4.79 Å². The molecule has 0 aliphatic rings. The molecule has 96 valence electrons. The number of hydrogen-bond acceptors (Lipinski definition) is 4. The van der Waals surface area contributed by atoms with Crippen LogP contribution in [0.1, 0.15) is 36.6 Å². The van der Waals surface area contributed by atoms with Crippen LogP contribution >= 0.6 is 0 Å². The van der Waals surface area contributed by atoms with Crippen LogP contribution < -0.4 is 0 Å².